The van der Waals surface area contributed by atoms with Crippen LogP contribution in [-0.2, 0) is 10.9 Å². The number of hydrogen-bond acceptors (Lipinski definition) is 4. The summed E-state index contributed by atoms with van der Waals surface area (Å²) in [6, 6.07) is 3.03. The minimum atomic E-state index is -4.41. The standard InChI is InChI=1S/C17H23F3N2O2/c18-17(19,20)13-1-2-15(23)14(11-13)16(12-3-9-24-10-4-12)22-7-5-21-6-8-22/h1-2,11-12,16,21,23H,3-10H2/t16-/m1/s1. The molecule has 2 N–H and O–H groups in total. The summed E-state index contributed by atoms with van der Waals surface area (Å²) < 4.78 is 44.8. The topological polar surface area (TPSA) is 44.7 Å². The third kappa shape index (κ3) is 3.84. The first-order valence-corrected chi connectivity index (χ1v) is 8.39. The lowest BCUT2D eigenvalue weighted by molar-refractivity contribution is -0.137. The average Bonchev–Trinajstić information content (AvgIpc) is 2.58. The maximum Gasteiger partial charge on any atom is 0.416 e. The van der Waals surface area contributed by atoms with Gasteiger partial charge in [-0.05, 0) is 37.0 Å². The Kier molecular flexibility index (Phi) is 5.32. The van der Waals surface area contributed by atoms with Gasteiger partial charge in [0.15, 0.2) is 0 Å². The number of nitrogens with one attached hydrogen (secondary N) is 1. The molecule has 0 unspecified atom stereocenters. The molecule has 0 spiro atoms. The van der Waals surface area contributed by atoms with Gasteiger partial charge in [0, 0.05) is 51.0 Å². The molecule has 2 aliphatic heterocycles. The molecule has 2 heterocycles. The fourth-order valence-corrected chi connectivity index (χ4v) is 3.71. The second-order valence-electron chi connectivity index (χ2n) is 6.45. The van der Waals surface area contributed by atoms with E-state index in [4.69, 9.17) is 4.74 Å². The molecule has 0 saturated carbocycles. The Morgan fingerprint density at radius 3 is 2.46 bits per heavy atom. The van der Waals surface area contributed by atoms with Gasteiger partial charge in [-0.15, -0.1) is 0 Å². The Morgan fingerprint density at radius 2 is 1.83 bits per heavy atom. The van der Waals surface area contributed by atoms with Gasteiger partial charge in [-0.3, -0.25) is 4.90 Å². The molecule has 0 bridgehead atoms. The van der Waals surface area contributed by atoms with Gasteiger partial charge >= 0.3 is 6.18 Å². The van der Waals surface area contributed by atoms with Gasteiger partial charge in [0.2, 0.25) is 0 Å². The Balaban J connectivity index is 1.97. The molecule has 0 radical (unpaired) electrons. The van der Waals surface area contributed by atoms with Crippen LogP contribution < -0.4 is 5.32 Å². The van der Waals surface area contributed by atoms with Crippen molar-refractivity contribution in [2.75, 3.05) is 39.4 Å². The van der Waals surface area contributed by atoms with Crippen LogP contribution >= 0.6 is 0 Å². The summed E-state index contributed by atoms with van der Waals surface area (Å²) in [7, 11) is 0. The quantitative estimate of drug-likeness (QED) is 0.885. The number of halogens is 3. The minimum absolute atomic E-state index is 0.0574. The molecule has 0 aliphatic carbocycles. The van der Waals surface area contributed by atoms with Crippen LogP contribution in [0.25, 0.3) is 0 Å². The minimum Gasteiger partial charge on any atom is -0.508 e. The number of phenolic OH excluding ortho intramolecular Hbond substituents is 1. The van der Waals surface area contributed by atoms with E-state index in [2.05, 4.69) is 10.2 Å². The maximum atomic E-state index is 13.1. The molecule has 2 fully saturated rings. The van der Waals surface area contributed by atoms with Gasteiger partial charge < -0.3 is 15.2 Å². The van der Waals surface area contributed by atoms with Crippen LogP contribution in [0, 0.1) is 5.92 Å². The van der Waals surface area contributed by atoms with Crippen molar-refractivity contribution in [3.63, 3.8) is 0 Å². The first kappa shape index (κ1) is 17.5. The van der Waals surface area contributed by atoms with Crippen LogP contribution in [0.4, 0.5) is 13.2 Å². The summed E-state index contributed by atoms with van der Waals surface area (Å²) in [5.74, 6) is 0.129. The normalized spacial score (nSPS) is 22.5. The van der Waals surface area contributed by atoms with Crippen LogP contribution in [0.2, 0.25) is 0 Å². The predicted octanol–water partition coefficient (Wildman–Crippen LogP) is 2.78. The predicted molar refractivity (Wildman–Crippen MR) is 83.8 cm³/mol. The molecule has 4 nitrogen and oxygen atoms in total. The molecular weight excluding hydrogens is 321 g/mol. The molecule has 24 heavy (non-hydrogen) atoms. The first-order chi connectivity index (χ1) is 11.5. The number of piperazine rings is 1. The van der Waals surface area contributed by atoms with E-state index in [9.17, 15) is 18.3 Å². The summed E-state index contributed by atoms with van der Waals surface area (Å²) in [6.45, 7) is 4.37. The van der Waals surface area contributed by atoms with Crippen molar-refractivity contribution in [3.05, 3.63) is 29.3 Å². The van der Waals surface area contributed by atoms with E-state index in [1.807, 2.05) is 0 Å². The number of nitrogens with zero attached hydrogens (tertiary/aromatic N) is 1. The molecule has 7 heteroatoms. The number of rotatable bonds is 3. The van der Waals surface area contributed by atoms with Crippen molar-refractivity contribution in [1.29, 1.82) is 0 Å². The van der Waals surface area contributed by atoms with E-state index in [-0.39, 0.29) is 17.7 Å². The van der Waals surface area contributed by atoms with E-state index < -0.39 is 11.7 Å². The molecule has 0 aromatic heterocycles. The molecular formula is C17H23F3N2O2. The zero-order valence-corrected chi connectivity index (χ0v) is 13.5. The fraction of sp³-hybridized carbons (Fsp3) is 0.647. The number of benzene rings is 1. The Labute approximate surface area is 139 Å². The highest BCUT2D eigenvalue weighted by atomic mass is 19.4. The van der Waals surface area contributed by atoms with Crippen molar-refractivity contribution in [1.82, 2.24) is 10.2 Å². The van der Waals surface area contributed by atoms with Crippen LogP contribution in [0.15, 0.2) is 18.2 Å². The highest BCUT2D eigenvalue weighted by Crippen LogP contribution is 2.41. The molecule has 2 saturated heterocycles. The second-order valence-corrected chi connectivity index (χ2v) is 6.45. The van der Waals surface area contributed by atoms with Crippen LogP contribution in [0.3, 0.4) is 0 Å². The van der Waals surface area contributed by atoms with E-state index in [1.54, 1.807) is 0 Å². The lowest BCUT2D eigenvalue weighted by Crippen LogP contribution is -2.47. The number of alkyl halides is 3. The van der Waals surface area contributed by atoms with Crippen LogP contribution in [0.1, 0.15) is 30.0 Å². The van der Waals surface area contributed by atoms with Crippen LogP contribution in [-0.4, -0.2) is 49.4 Å². The third-order valence-electron chi connectivity index (χ3n) is 4.93. The van der Waals surface area contributed by atoms with Crippen LogP contribution in [0.5, 0.6) is 5.75 Å². The van der Waals surface area contributed by atoms with Gasteiger partial charge in [-0.25, -0.2) is 0 Å². The van der Waals surface area contributed by atoms with Crippen molar-refractivity contribution in [2.45, 2.75) is 25.1 Å². The summed E-state index contributed by atoms with van der Waals surface area (Å²) >= 11 is 0. The zero-order valence-electron chi connectivity index (χ0n) is 13.5. The molecule has 0 amide bonds. The van der Waals surface area contributed by atoms with Gasteiger partial charge in [0.05, 0.1) is 5.56 Å². The molecule has 3 rings (SSSR count). The molecule has 1 atom stereocenters. The van der Waals surface area contributed by atoms with Gasteiger partial charge in [0.25, 0.3) is 0 Å². The van der Waals surface area contributed by atoms with E-state index in [1.165, 1.54) is 6.07 Å². The number of phenols is 1. The molecule has 134 valence electrons. The third-order valence-corrected chi connectivity index (χ3v) is 4.93. The lowest BCUT2D eigenvalue weighted by Gasteiger charge is -2.41. The van der Waals surface area contributed by atoms with E-state index in [0.29, 0.717) is 18.8 Å². The van der Waals surface area contributed by atoms with Crippen molar-refractivity contribution in [3.8, 4) is 5.75 Å². The summed E-state index contributed by atoms with van der Waals surface area (Å²) in [5.41, 5.74) is -0.318. The number of ether oxygens (including phenoxy) is 1. The fourth-order valence-electron chi connectivity index (χ4n) is 3.71. The highest BCUT2D eigenvalue weighted by molar-refractivity contribution is 5.40. The smallest absolute Gasteiger partial charge is 0.416 e. The summed E-state index contributed by atoms with van der Waals surface area (Å²) in [4.78, 5) is 2.20. The van der Waals surface area contributed by atoms with Gasteiger partial charge in [0.1, 0.15) is 5.75 Å². The highest BCUT2D eigenvalue weighted by Gasteiger charge is 2.36. The summed E-state index contributed by atoms with van der Waals surface area (Å²) in [6.07, 6.45) is -2.82. The molecule has 2 aliphatic rings. The largest absolute Gasteiger partial charge is 0.508 e. The second kappa shape index (κ2) is 7.29. The van der Waals surface area contributed by atoms with Crippen molar-refractivity contribution >= 4 is 0 Å². The average molecular weight is 344 g/mol. The monoisotopic (exact) mass is 344 g/mol. The Bertz CT molecular complexity index is 535. The van der Waals surface area contributed by atoms with E-state index in [0.717, 1.165) is 51.2 Å². The lowest BCUT2D eigenvalue weighted by atomic mass is 9.84. The van der Waals surface area contributed by atoms with E-state index >= 15 is 0 Å². The SMILES string of the molecule is Oc1ccc(C(F)(F)F)cc1[C@@H](C1CCOCC1)N1CCNCC1. The number of aromatic hydroxyl groups is 1. The van der Waals surface area contributed by atoms with Crippen molar-refractivity contribution in [2.24, 2.45) is 5.92 Å². The van der Waals surface area contributed by atoms with Gasteiger partial charge in [-0.2, -0.15) is 13.2 Å². The first-order valence-electron chi connectivity index (χ1n) is 8.39. The maximum absolute atomic E-state index is 13.1. The molecule has 1 aromatic rings. The van der Waals surface area contributed by atoms with Crippen molar-refractivity contribution < 1.29 is 23.0 Å². The molecule has 1 aromatic carbocycles. The van der Waals surface area contributed by atoms with Gasteiger partial charge in [-0.1, -0.05) is 0 Å². The summed E-state index contributed by atoms with van der Waals surface area (Å²) in [5, 5.41) is 13.6. The zero-order chi connectivity index (χ0) is 17.2. The Hall–Kier alpha value is -1.31. The Morgan fingerprint density at radius 1 is 1.17 bits per heavy atom. The number of hydrogen-bond donors (Lipinski definition) is 2.